The highest BCUT2D eigenvalue weighted by Gasteiger charge is 2.27. The molecule has 3 aromatic carbocycles. The SMILES string of the molecule is COc1ccc(-c2cc(C(=O)N3CCN(C/C=C/c4ccccc4)CC3)n(-c3ccc(C)cc3C)n2)c(OC)c1. The smallest absolute Gasteiger partial charge is 0.272 e. The molecule has 0 radical (unpaired) electrons. The Kier molecular flexibility index (Phi) is 8.31. The normalized spacial score (nSPS) is 14.1. The fraction of sp³-hybridized carbons (Fsp3) is 0.273. The predicted molar refractivity (Wildman–Crippen MR) is 159 cm³/mol. The van der Waals surface area contributed by atoms with E-state index in [0.717, 1.165) is 42.0 Å². The summed E-state index contributed by atoms with van der Waals surface area (Å²) in [6.07, 6.45) is 4.34. The van der Waals surface area contributed by atoms with E-state index < -0.39 is 0 Å². The van der Waals surface area contributed by atoms with Crippen LogP contribution in [0, 0.1) is 13.8 Å². The van der Waals surface area contributed by atoms with Gasteiger partial charge in [-0.1, -0.05) is 60.2 Å². The highest BCUT2D eigenvalue weighted by molar-refractivity contribution is 5.95. The zero-order chi connectivity index (χ0) is 28.1. The van der Waals surface area contributed by atoms with E-state index in [0.29, 0.717) is 36.0 Å². The molecule has 0 atom stereocenters. The number of rotatable bonds is 8. The van der Waals surface area contributed by atoms with Gasteiger partial charge in [0.2, 0.25) is 0 Å². The summed E-state index contributed by atoms with van der Waals surface area (Å²) in [6.45, 7) is 7.94. The van der Waals surface area contributed by atoms with E-state index in [4.69, 9.17) is 14.6 Å². The lowest BCUT2D eigenvalue weighted by Gasteiger charge is -2.34. The zero-order valence-corrected chi connectivity index (χ0v) is 23.6. The monoisotopic (exact) mass is 536 g/mol. The molecule has 1 aliphatic rings. The first kappa shape index (κ1) is 27.2. The number of aromatic nitrogens is 2. The molecule has 0 aliphatic carbocycles. The number of carbonyl (C=O) groups excluding carboxylic acids is 1. The molecule has 1 amide bonds. The van der Waals surface area contributed by atoms with Crippen LogP contribution in [-0.4, -0.2) is 72.4 Å². The second kappa shape index (κ2) is 12.2. The van der Waals surface area contributed by atoms with E-state index in [1.54, 1.807) is 18.9 Å². The van der Waals surface area contributed by atoms with Gasteiger partial charge in [0.05, 0.1) is 25.6 Å². The molecule has 1 fully saturated rings. The number of aryl methyl sites for hydroxylation is 2. The number of nitrogens with zero attached hydrogens (tertiary/aromatic N) is 4. The highest BCUT2D eigenvalue weighted by atomic mass is 16.5. The van der Waals surface area contributed by atoms with E-state index in [9.17, 15) is 4.79 Å². The Morgan fingerprint density at radius 1 is 0.900 bits per heavy atom. The van der Waals surface area contributed by atoms with Crippen molar-refractivity contribution in [3.63, 3.8) is 0 Å². The Morgan fingerprint density at radius 2 is 1.68 bits per heavy atom. The molecule has 1 saturated heterocycles. The summed E-state index contributed by atoms with van der Waals surface area (Å²) >= 11 is 0. The van der Waals surface area contributed by atoms with Gasteiger partial charge in [-0.3, -0.25) is 9.69 Å². The molecule has 0 unspecified atom stereocenters. The van der Waals surface area contributed by atoms with Gasteiger partial charge >= 0.3 is 0 Å². The first-order chi connectivity index (χ1) is 19.5. The van der Waals surface area contributed by atoms with Crippen molar-refractivity contribution in [3.05, 3.63) is 101 Å². The molecule has 4 aromatic rings. The van der Waals surface area contributed by atoms with Crippen molar-refractivity contribution in [3.8, 4) is 28.4 Å². The minimum atomic E-state index is -0.0225. The topological polar surface area (TPSA) is 59.8 Å². The molecule has 40 heavy (non-hydrogen) atoms. The molecule has 0 bridgehead atoms. The van der Waals surface area contributed by atoms with Gasteiger partial charge < -0.3 is 14.4 Å². The fourth-order valence-corrected chi connectivity index (χ4v) is 5.10. The molecular formula is C33H36N4O3. The summed E-state index contributed by atoms with van der Waals surface area (Å²) < 4.78 is 12.8. The molecule has 2 heterocycles. The molecule has 7 heteroatoms. The number of hydrogen-bond acceptors (Lipinski definition) is 5. The average molecular weight is 537 g/mol. The van der Waals surface area contributed by atoms with Crippen LogP contribution in [0.25, 0.3) is 23.0 Å². The van der Waals surface area contributed by atoms with Crippen molar-refractivity contribution in [1.29, 1.82) is 0 Å². The van der Waals surface area contributed by atoms with E-state index in [1.807, 2.05) is 66.4 Å². The predicted octanol–water partition coefficient (Wildman–Crippen LogP) is 5.64. The van der Waals surface area contributed by atoms with Crippen LogP contribution in [0.1, 0.15) is 27.2 Å². The molecule has 5 rings (SSSR count). The molecular weight excluding hydrogens is 500 g/mol. The third kappa shape index (κ3) is 5.95. The maximum absolute atomic E-state index is 14.0. The maximum atomic E-state index is 14.0. The minimum absolute atomic E-state index is 0.0225. The van der Waals surface area contributed by atoms with Crippen LogP contribution in [-0.2, 0) is 0 Å². The second-order valence-corrected chi connectivity index (χ2v) is 10.1. The lowest BCUT2D eigenvalue weighted by molar-refractivity contribution is 0.0641. The number of piperazine rings is 1. The lowest BCUT2D eigenvalue weighted by atomic mass is 10.1. The Morgan fingerprint density at radius 3 is 2.38 bits per heavy atom. The fourth-order valence-electron chi connectivity index (χ4n) is 5.10. The molecule has 0 saturated carbocycles. The van der Waals surface area contributed by atoms with Gasteiger partial charge in [0.25, 0.3) is 5.91 Å². The van der Waals surface area contributed by atoms with Crippen molar-refractivity contribution in [1.82, 2.24) is 19.6 Å². The first-order valence-corrected chi connectivity index (χ1v) is 13.6. The third-order valence-electron chi connectivity index (χ3n) is 7.33. The summed E-state index contributed by atoms with van der Waals surface area (Å²) in [5, 5.41) is 4.93. The van der Waals surface area contributed by atoms with Crippen LogP contribution in [0.15, 0.2) is 78.9 Å². The second-order valence-electron chi connectivity index (χ2n) is 10.1. The number of methoxy groups -OCH3 is 2. The Bertz CT molecular complexity index is 1500. The van der Waals surface area contributed by atoms with Gasteiger partial charge in [0, 0.05) is 44.4 Å². The molecule has 7 nitrogen and oxygen atoms in total. The number of amides is 1. The van der Waals surface area contributed by atoms with Crippen molar-refractivity contribution < 1.29 is 14.3 Å². The zero-order valence-electron chi connectivity index (χ0n) is 23.6. The van der Waals surface area contributed by atoms with E-state index >= 15 is 0 Å². The van der Waals surface area contributed by atoms with Crippen LogP contribution in [0.5, 0.6) is 11.5 Å². The van der Waals surface area contributed by atoms with E-state index in [1.165, 1.54) is 5.56 Å². The maximum Gasteiger partial charge on any atom is 0.272 e. The number of carbonyl (C=O) groups is 1. The Balaban J connectivity index is 1.39. The minimum Gasteiger partial charge on any atom is -0.497 e. The van der Waals surface area contributed by atoms with Gasteiger partial charge in [0.1, 0.15) is 17.2 Å². The molecule has 1 aliphatic heterocycles. The van der Waals surface area contributed by atoms with Gasteiger partial charge in [-0.05, 0) is 49.2 Å². The van der Waals surface area contributed by atoms with Crippen molar-refractivity contribution >= 4 is 12.0 Å². The number of benzene rings is 3. The Labute approximate surface area is 236 Å². The van der Waals surface area contributed by atoms with E-state index in [2.05, 4.69) is 42.2 Å². The summed E-state index contributed by atoms with van der Waals surface area (Å²) in [4.78, 5) is 18.3. The van der Waals surface area contributed by atoms with E-state index in [-0.39, 0.29) is 5.91 Å². The van der Waals surface area contributed by atoms with Gasteiger partial charge in [-0.25, -0.2) is 4.68 Å². The van der Waals surface area contributed by atoms with Crippen LogP contribution in [0.4, 0.5) is 0 Å². The molecule has 0 N–H and O–H groups in total. The summed E-state index contributed by atoms with van der Waals surface area (Å²) in [5.41, 5.74) is 6.31. The average Bonchev–Trinajstić information content (AvgIpc) is 3.42. The molecule has 206 valence electrons. The van der Waals surface area contributed by atoms with Gasteiger partial charge in [-0.2, -0.15) is 5.10 Å². The number of hydrogen-bond donors (Lipinski definition) is 0. The Hall–Kier alpha value is -4.36. The molecule has 1 aromatic heterocycles. The quantitative estimate of drug-likeness (QED) is 0.292. The standard InChI is InChI=1S/C33H36N4O3/c1-24-12-15-30(25(2)21-24)37-31(23-29(34-37)28-14-13-27(39-3)22-32(28)40-4)33(38)36-19-17-35(18-20-36)16-8-11-26-9-6-5-7-10-26/h5-15,21-23H,16-20H2,1-4H3/b11-8+. The van der Waals surface area contributed by atoms with Crippen LogP contribution in [0.2, 0.25) is 0 Å². The first-order valence-electron chi connectivity index (χ1n) is 13.6. The van der Waals surface area contributed by atoms with Crippen molar-refractivity contribution in [2.45, 2.75) is 13.8 Å². The largest absolute Gasteiger partial charge is 0.497 e. The summed E-state index contributed by atoms with van der Waals surface area (Å²) in [5.74, 6) is 1.31. The summed E-state index contributed by atoms with van der Waals surface area (Å²) in [6, 6.07) is 24.0. The van der Waals surface area contributed by atoms with Crippen LogP contribution in [0.3, 0.4) is 0 Å². The lowest BCUT2D eigenvalue weighted by Crippen LogP contribution is -2.49. The van der Waals surface area contributed by atoms with Crippen LogP contribution >= 0.6 is 0 Å². The third-order valence-corrected chi connectivity index (χ3v) is 7.33. The van der Waals surface area contributed by atoms with Crippen molar-refractivity contribution in [2.24, 2.45) is 0 Å². The van der Waals surface area contributed by atoms with Gasteiger partial charge in [0.15, 0.2) is 0 Å². The van der Waals surface area contributed by atoms with Crippen LogP contribution < -0.4 is 9.47 Å². The summed E-state index contributed by atoms with van der Waals surface area (Å²) in [7, 11) is 3.25. The van der Waals surface area contributed by atoms with Gasteiger partial charge in [-0.15, -0.1) is 0 Å². The molecule has 0 spiro atoms. The highest BCUT2D eigenvalue weighted by Crippen LogP contribution is 2.34. The number of ether oxygens (including phenoxy) is 2. The van der Waals surface area contributed by atoms with Crippen molar-refractivity contribution in [2.75, 3.05) is 46.9 Å².